The third-order valence-electron chi connectivity index (χ3n) is 2.52. The van der Waals surface area contributed by atoms with Gasteiger partial charge < -0.3 is 0 Å². The Balaban J connectivity index is 2.32. The zero-order chi connectivity index (χ0) is 13.1. The molecule has 0 spiro atoms. The minimum absolute atomic E-state index is 0.257. The molecule has 0 atom stereocenters. The van der Waals surface area contributed by atoms with Crippen LogP contribution in [0.5, 0.6) is 0 Å². The number of carbonyl (C=O) groups excluding carboxylic acids is 1. The fourth-order valence-electron chi connectivity index (χ4n) is 1.66. The molecule has 0 N–H and O–H groups in total. The van der Waals surface area contributed by atoms with E-state index < -0.39 is 17.4 Å². The first kappa shape index (κ1) is 12.4. The van der Waals surface area contributed by atoms with Crippen molar-refractivity contribution in [3.63, 3.8) is 0 Å². The van der Waals surface area contributed by atoms with Crippen LogP contribution in [0.3, 0.4) is 0 Å². The van der Waals surface area contributed by atoms with Gasteiger partial charge >= 0.3 is 0 Å². The van der Waals surface area contributed by atoms with Crippen LogP contribution in [0, 0.1) is 11.6 Å². The molecule has 0 fully saturated rings. The van der Waals surface area contributed by atoms with Gasteiger partial charge in [-0.3, -0.25) is 9.48 Å². The zero-order valence-corrected chi connectivity index (χ0v) is 9.86. The second-order valence-corrected chi connectivity index (χ2v) is 3.95. The molecule has 0 unspecified atom stereocenters. The molecule has 2 aromatic rings. The number of hydrogen-bond donors (Lipinski definition) is 0. The van der Waals surface area contributed by atoms with Crippen molar-refractivity contribution in [3.05, 3.63) is 53.4 Å². The maximum Gasteiger partial charge on any atom is 0.199 e. The van der Waals surface area contributed by atoms with Gasteiger partial charge in [0, 0.05) is 12.7 Å². The Morgan fingerprint density at radius 3 is 2.89 bits per heavy atom. The second-order valence-electron chi connectivity index (χ2n) is 3.95. The third-order valence-corrected chi connectivity index (χ3v) is 2.52. The SMILES string of the molecule is CCCn1cc(C(=O)c2cc(F)ccc2F)cn1. The molecule has 0 radical (unpaired) electrons. The first-order valence-corrected chi connectivity index (χ1v) is 5.64. The number of halogens is 2. The summed E-state index contributed by atoms with van der Waals surface area (Å²) in [5.74, 6) is -1.93. The molecule has 1 heterocycles. The minimum Gasteiger partial charge on any atom is -0.288 e. The Hall–Kier alpha value is -2.04. The monoisotopic (exact) mass is 250 g/mol. The molecular formula is C13H12F2N2O. The van der Waals surface area contributed by atoms with Gasteiger partial charge in [0.15, 0.2) is 5.78 Å². The number of rotatable bonds is 4. The minimum atomic E-state index is -0.732. The quantitative estimate of drug-likeness (QED) is 0.782. The van der Waals surface area contributed by atoms with Gasteiger partial charge in [0.05, 0.1) is 17.3 Å². The van der Waals surface area contributed by atoms with E-state index in [1.54, 1.807) is 4.68 Å². The van der Waals surface area contributed by atoms with Gasteiger partial charge in [-0.1, -0.05) is 6.92 Å². The Labute approximate surface area is 103 Å². The highest BCUT2D eigenvalue weighted by atomic mass is 19.1. The van der Waals surface area contributed by atoms with E-state index in [-0.39, 0.29) is 11.1 Å². The van der Waals surface area contributed by atoms with E-state index in [2.05, 4.69) is 5.10 Å². The topological polar surface area (TPSA) is 34.9 Å². The van der Waals surface area contributed by atoms with Crippen molar-refractivity contribution in [2.24, 2.45) is 0 Å². The van der Waals surface area contributed by atoms with Crippen molar-refractivity contribution in [3.8, 4) is 0 Å². The first-order chi connectivity index (χ1) is 8.61. The van der Waals surface area contributed by atoms with Crippen LogP contribution in [0.2, 0.25) is 0 Å². The average Bonchev–Trinajstić information content (AvgIpc) is 2.80. The number of nitrogens with zero attached hydrogens (tertiary/aromatic N) is 2. The molecule has 0 aliphatic heterocycles. The number of ketones is 1. The molecule has 1 aromatic carbocycles. The van der Waals surface area contributed by atoms with Gasteiger partial charge in [0.25, 0.3) is 0 Å². The van der Waals surface area contributed by atoms with Crippen molar-refractivity contribution < 1.29 is 13.6 Å². The van der Waals surface area contributed by atoms with E-state index in [1.807, 2.05) is 6.92 Å². The average molecular weight is 250 g/mol. The molecule has 94 valence electrons. The van der Waals surface area contributed by atoms with Gasteiger partial charge in [-0.05, 0) is 24.6 Å². The van der Waals surface area contributed by atoms with Crippen molar-refractivity contribution in [1.82, 2.24) is 9.78 Å². The van der Waals surface area contributed by atoms with Crippen LogP contribution < -0.4 is 0 Å². The van der Waals surface area contributed by atoms with Crippen LogP contribution >= 0.6 is 0 Å². The van der Waals surface area contributed by atoms with E-state index in [0.29, 0.717) is 6.54 Å². The lowest BCUT2D eigenvalue weighted by Crippen LogP contribution is -2.04. The second kappa shape index (κ2) is 5.08. The summed E-state index contributed by atoms with van der Waals surface area (Å²) in [6.45, 7) is 2.66. The lowest BCUT2D eigenvalue weighted by molar-refractivity contribution is 0.103. The Morgan fingerprint density at radius 1 is 1.39 bits per heavy atom. The summed E-state index contributed by atoms with van der Waals surface area (Å²) in [6, 6.07) is 2.82. The highest BCUT2D eigenvalue weighted by molar-refractivity contribution is 6.08. The van der Waals surface area contributed by atoms with E-state index in [4.69, 9.17) is 0 Å². The van der Waals surface area contributed by atoms with Crippen LogP contribution in [0.15, 0.2) is 30.6 Å². The van der Waals surface area contributed by atoms with Crippen LogP contribution in [0.4, 0.5) is 8.78 Å². The van der Waals surface area contributed by atoms with Gasteiger partial charge in [0.1, 0.15) is 11.6 Å². The molecule has 0 aliphatic carbocycles. The van der Waals surface area contributed by atoms with Gasteiger partial charge in [-0.2, -0.15) is 5.10 Å². The predicted octanol–water partition coefficient (Wildman–Crippen LogP) is 2.80. The van der Waals surface area contributed by atoms with Crippen molar-refractivity contribution in [1.29, 1.82) is 0 Å². The zero-order valence-electron chi connectivity index (χ0n) is 9.86. The summed E-state index contributed by atoms with van der Waals surface area (Å²) in [7, 11) is 0. The third kappa shape index (κ3) is 2.45. The first-order valence-electron chi connectivity index (χ1n) is 5.64. The predicted molar refractivity (Wildman–Crippen MR) is 62.3 cm³/mol. The Kier molecular flexibility index (Phi) is 3.50. The normalized spacial score (nSPS) is 10.6. The van der Waals surface area contributed by atoms with E-state index in [9.17, 15) is 13.6 Å². The highest BCUT2D eigenvalue weighted by Crippen LogP contribution is 2.14. The van der Waals surface area contributed by atoms with Crippen LogP contribution in [0.1, 0.15) is 29.3 Å². The largest absolute Gasteiger partial charge is 0.288 e. The Morgan fingerprint density at radius 2 is 2.17 bits per heavy atom. The molecule has 0 bridgehead atoms. The summed E-state index contributed by atoms with van der Waals surface area (Å²) in [5.41, 5.74) is -0.0148. The highest BCUT2D eigenvalue weighted by Gasteiger charge is 2.16. The van der Waals surface area contributed by atoms with Crippen LogP contribution in [-0.4, -0.2) is 15.6 Å². The fraction of sp³-hybridized carbons (Fsp3) is 0.231. The molecule has 3 nitrogen and oxygen atoms in total. The number of aryl methyl sites for hydroxylation is 1. The number of carbonyl (C=O) groups is 1. The standard InChI is InChI=1S/C13H12F2N2O/c1-2-5-17-8-9(7-16-17)13(18)11-6-10(14)3-4-12(11)15/h3-4,6-8H,2,5H2,1H3. The number of hydrogen-bond acceptors (Lipinski definition) is 2. The van der Waals surface area contributed by atoms with E-state index >= 15 is 0 Å². The molecule has 0 saturated heterocycles. The summed E-state index contributed by atoms with van der Waals surface area (Å²) < 4.78 is 28.1. The fourth-order valence-corrected chi connectivity index (χ4v) is 1.66. The smallest absolute Gasteiger partial charge is 0.199 e. The van der Waals surface area contributed by atoms with E-state index in [0.717, 1.165) is 24.6 Å². The maximum absolute atomic E-state index is 13.4. The summed E-state index contributed by atoms with van der Waals surface area (Å²) in [6.07, 6.45) is 3.78. The van der Waals surface area contributed by atoms with Crippen molar-refractivity contribution >= 4 is 5.78 Å². The summed E-state index contributed by atoms with van der Waals surface area (Å²) in [5, 5.41) is 3.98. The van der Waals surface area contributed by atoms with E-state index in [1.165, 1.54) is 12.4 Å². The maximum atomic E-state index is 13.4. The summed E-state index contributed by atoms with van der Waals surface area (Å²) >= 11 is 0. The van der Waals surface area contributed by atoms with Crippen LogP contribution in [0.25, 0.3) is 0 Å². The molecule has 0 amide bonds. The van der Waals surface area contributed by atoms with Gasteiger partial charge in [-0.15, -0.1) is 0 Å². The lowest BCUT2D eigenvalue weighted by Gasteiger charge is -2.00. The summed E-state index contributed by atoms with van der Waals surface area (Å²) in [4.78, 5) is 12.0. The van der Waals surface area contributed by atoms with Gasteiger partial charge in [-0.25, -0.2) is 8.78 Å². The molecular weight excluding hydrogens is 238 g/mol. The molecule has 2 rings (SSSR count). The lowest BCUT2D eigenvalue weighted by atomic mass is 10.1. The molecule has 0 aliphatic rings. The van der Waals surface area contributed by atoms with Crippen molar-refractivity contribution in [2.45, 2.75) is 19.9 Å². The van der Waals surface area contributed by atoms with Crippen LogP contribution in [-0.2, 0) is 6.54 Å². The molecule has 1 aromatic heterocycles. The number of benzene rings is 1. The van der Waals surface area contributed by atoms with Crippen molar-refractivity contribution in [2.75, 3.05) is 0 Å². The van der Waals surface area contributed by atoms with Gasteiger partial charge in [0.2, 0.25) is 0 Å². The molecule has 5 heteroatoms. The molecule has 18 heavy (non-hydrogen) atoms. The Bertz CT molecular complexity index is 578. The number of aromatic nitrogens is 2. The molecule has 0 saturated carbocycles.